The van der Waals surface area contributed by atoms with E-state index in [0.29, 0.717) is 25.6 Å². The molecule has 0 radical (unpaired) electrons. The molecule has 162 valence electrons. The van der Waals surface area contributed by atoms with Crippen LogP contribution >= 0.6 is 0 Å². The van der Waals surface area contributed by atoms with Crippen molar-refractivity contribution in [3.8, 4) is 11.8 Å². The first-order valence-corrected chi connectivity index (χ1v) is 11.1. The van der Waals surface area contributed by atoms with Gasteiger partial charge < -0.3 is 9.84 Å². The van der Waals surface area contributed by atoms with Crippen LogP contribution in [0.15, 0.2) is 30.5 Å². The molecule has 1 aromatic carbocycles. The van der Waals surface area contributed by atoms with Gasteiger partial charge >= 0.3 is 5.97 Å². The lowest BCUT2D eigenvalue weighted by Gasteiger charge is -2.36. The second-order valence-electron chi connectivity index (χ2n) is 8.83. The molecule has 6 nitrogen and oxygen atoms in total. The van der Waals surface area contributed by atoms with Gasteiger partial charge in [0, 0.05) is 25.8 Å². The van der Waals surface area contributed by atoms with E-state index in [-0.39, 0.29) is 5.92 Å². The summed E-state index contributed by atoms with van der Waals surface area (Å²) in [6.07, 6.45) is 7.91. The number of rotatable bonds is 7. The standard InChI is InChI=1S/C25H29N3O3/c1-17-9-18(13-28-14-21(15-28)25(29)30)7-8-24(17)31-16-22-10-20(11-26)23(12-27-22)19-5-3-2-4-6-19/h7-10,12,19,21H,2-6,13-16H2,1H3,(H,29,30). The number of nitriles is 1. The van der Waals surface area contributed by atoms with E-state index in [9.17, 15) is 10.1 Å². The molecule has 2 aromatic rings. The molecular formula is C25H29N3O3. The fourth-order valence-corrected chi connectivity index (χ4v) is 4.66. The average Bonchev–Trinajstić information content (AvgIpc) is 2.75. The summed E-state index contributed by atoms with van der Waals surface area (Å²) in [6, 6.07) is 10.3. The Morgan fingerprint density at radius 3 is 2.71 bits per heavy atom. The van der Waals surface area contributed by atoms with E-state index in [2.05, 4.69) is 22.0 Å². The first-order chi connectivity index (χ1) is 15.0. The number of hydrogen-bond donors (Lipinski definition) is 1. The van der Waals surface area contributed by atoms with Crippen LogP contribution in [0.4, 0.5) is 0 Å². The maximum atomic E-state index is 10.9. The molecular weight excluding hydrogens is 390 g/mol. The summed E-state index contributed by atoms with van der Waals surface area (Å²) in [5, 5.41) is 18.6. The second-order valence-corrected chi connectivity index (χ2v) is 8.83. The van der Waals surface area contributed by atoms with Crippen molar-refractivity contribution in [2.45, 2.75) is 58.1 Å². The summed E-state index contributed by atoms with van der Waals surface area (Å²) in [7, 11) is 0. The zero-order valence-corrected chi connectivity index (χ0v) is 18.0. The molecule has 0 bridgehead atoms. The van der Waals surface area contributed by atoms with E-state index in [4.69, 9.17) is 9.84 Å². The van der Waals surface area contributed by atoms with E-state index >= 15 is 0 Å². The highest BCUT2D eigenvalue weighted by molar-refractivity contribution is 5.71. The van der Waals surface area contributed by atoms with E-state index in [1.165, 1.54) is 19.3 Å². The highest BCUT2D eigenvalue weighted by Gasteiger charge is 2.32. The summed E-state index contributed by atoms with van der Waals surface area (Å²) < 4.78 is 5.99. The molecule has 0 atom stereocenters. The van der Waals surface area contributed by atoms with E-state index < -0.39 is 5.97 Å². The molecule has 2 aliphatic rings. The number of aromatic nitrogens is 1. The number of hydrogen-bond acceptors (Lipinski definition) is 5. The number of pyridine rings is 1. The van der Waals surface area contributed by atoms with E-state index in [1.807, 2.05) is 31.3 Å². The number of carboxylic acids is 1. The SMILES string of the molecule is Cc1cc(CN2CC(C(=O)O)C2)ccc1OCc1cc(C#N)c(C2CCCCC2)cn1. The summed E-state index contributed by atoms with van der Waals surface area (Å²) in [5.74, 6) is 0.306. The molecule has 31 heavy (non-hydrogen) atoms. The summed E-state index contributed by atoms with van der Waals surface area (Å²) in [4.78, 5) is 17.6. The Kier molecular flexibility index (Phi) is 6.53. The van der Waals surface area contributed by atoms with Gasteiger partial charge in [-0.15, -0.1) is 0 Å². The molecule has 1 saturated heterocycles. The van der Waals surface area contributed by atoms with Crippen LogP contribution in [0.5, 0.6) is 5.75 Å². The Hall–Kier alpha value is -2.91. The highest BCUT2D eigenvalue weighted by Crippen LogP contribution is 2.34. The molecule has 1 aliphatic carbocycles. The third-order valence-electron chi connectivity index (χ3n) is 6.48. The fraction of sp³-hybridized carbons (Fsp3) is 0.480. The van der Waals surface area contributed by atoms with Crippen molar-refractivity contribution in [3.05, 3.63) is 58.4 Å². The van der Waals surface area contributed by atoms with Crippen LogP contribution in [0.2, 0.25) is 0 Å². The molecule has 1 aliphatic heterocycles. The number of nitrogens with zero attached hydrogens (tertiary/aromatic N) is 3. The lowest BCUT2D eigenvalue weighted by Crippen LogP contribution is -2.49. The van der Waals surface area contributed by atoms with Gasteiger partial charge in [0.05, 0.1) is 23.2 Å². The van der Waals surface area contributed by atoms with Crippen LogP contribution in [0.1, 0.15) is 66.0 Å². The number of carbonyl (C=O) groups is 1. The number of aryl methyl sites for hydroxylation is 1. The minimum absolute atomic E-state index is 0.237. The third kappa shape index (κ3) is 5.05. The maximum absolute atomic E-state index is 10.9. The first-order valence-electron chi connectivity index (χ1n) is 11.1. The van der Waals surface area contributed by atoms with Crippen LogP contribution in [0, 0.1) is 24.2 Å². The van der Waals surface area contributed by atoms with Gasteiger partial charge in [0.2, 0.25) is 0 Å². The molecule has 1 N–H and O–H groups in total. The number of ether oxygens (including phenoxy) is 1. The fourth-order valence-electron chi connectivity index (χ4n) is 4.66. The van der Waals surface area contributed by atoms with Gasteiger partial charge in [0.1, 0.15) is 12.4 Å². The Morgan fingerprint density at radius 1 is 1.26 bits per heavy atom. The zero-order chi connectivity index (χ0) is 21.8. The zero-order valence-electron chi connectivity index (χ0n) is 18.0. The molecule has 4 rings (SSSR count). The van der Waals surface area contributed by atoms with Crippen molar-refractivity contribution in [2.24, 2.45) is 5.92 Å². The minimum atomic E-state index is -0.712. The second kappa shape index (κ2) is 9.49. The average molecular weight is 420 g/mol. The smallest absolute Gasteiger partial charge is 0.309 e. The molecule has 0 amide bonds. The molecule has 0 unspecified atom stereocenters. The molecule has 2 heterocycles. The van der Waals surface area contributed by atoms with Gasteiger partial charge in [0.25, 0.3) is 0 Å². The van der Waals surface area contributed by atoms with Crippen LogP contribution < -0.4 is 4.74 Å². The van der Waals surface area contributed by atoms with Gasteiger partial charge in [-0.25, -0.2) is 0 Å². The van der Waals surface area contributed by atoms with E-state index in [1.54, 1.807) is 0 Å². The molecule has 1 aromatic heterocycles. The van der Waals surface area contributed by atoms with Gasteiger partial charge in [-0.3, -0.25) is 14.7 Å². The predicted molar refractivity (Wildman–Crippen MR) is 117 cm³/mol. The Labute approximate surface area is 183 Å². The third-order valence-corrected chi connectivity index (χ3v) is 6.48. The molecule has 6 heteroatoms. The van der Waals surface area contributed by atoms with Crippen LogP contribution in [0.3, 0.4) is 0 Å². The van der Waals surface area contributed by atoms with E-state index in [0.717, 1.165) is 53.1 Å². The largest absolute Gasteiger partial charge is 0.487 e. The number of carboxylic acid groups (broad SMARTS) is 1. The normalized spacial score (nSPS) is 17.7. The summed E-state index contributed by atoms with van der Waals surface area (Å²) in [6.45, 7) is 4.30. The van der Waals surface area contributed by atoms with Crippen molar-refractivity contribution >= 4 is 5.97 Å². The predicted octanol–water partition coefficient (Wildman–Crippen LogP) is 4.40. The van der Waals surface area contributed by atoms with Crippen molar-refractivity contribution in [1.29, 1.82) is 5.26 Å². The Bertz CT molecular complexity index is 986. The van der Waals surface area contributed by atoms with Crippen molar-refractivity contribution in [3.63, 3.8) is 0 Å². The van der Waals surface area contributed by atoms with Gasteiger partial charge in [0.15, 0.2) is 0 Å². The van der Waals surface area contributed by atoms with Crippen molar-refractivity contribution in [1.82, 2.24) is 9.88 Å². The van der Waals surface area contributed by atoms with Crippen molar-refractivity contribution < 1.29 is 14.6 Å². The Morgan fingerprint density at radius 2 is 2.03 bits per heavy atom. The molecule has 2 fully saturated rings. The molecule has 0 spiro atoms. The van der Waals surface area contributed by atoms with Gasteiger partial charge in [-0.05, 0) is 54.5 Å². The minimum Gasteiger partial charge on any atom is -0.487 e. The van der Waals surface area contributed by atoms with Gasteiger partial charge in [-0.2, -0.15) is 5.26 Å². The molecule has 1 saturated carbocycles. The summed E-state index contributed by atoms with van der Waals surface area (Å²) >= 11 is 0. The lowest BCUT2D eigenvalue weighted by molar-refractivity contribution is -0.147. The number of aliphatic carboxylic acids is 1. The van der Waals surface area contributed by atoms with Crippen LogP contribution in [-0.4, -0.2) is 34.0 Å². The monoisotopic (exact) mass is 419 g/mol. The topological polar surface area (TPSA) is 86.5 Å². The van der Waals surface area contributed by atoms with Crippen LogP contribution in [0.25, 0.3) is 0 Å². The Balaban J connectivity index is 1.35. The lowest BCUT2D eigenvalue weighted by atomic mass is 9.83. The highest BCUT2D eigenvalue weighted by atomic mass is 16.5. The number of benzene rings is 1. The quantitative estimate of drug-likeness (QED) is 0.716. The maximum Gasteiger partial charge on any atom is 0.309 e. The van der Waals surface area contributed by atoms with Gasteiger partial charge in [-0.1, -0.05) is 31.4 Å². The first kappa shape index (κ1) is 21.3. The number of likely N-dealkylation sites (tertiary alicyclic amines) is 1. The van der Waals surface area contributed by atoms with Crippen molar-refractivity contribution in [2.75, 3.05) is 13.1 Å². The van der Waals surface area contributed by atoms with Crippen LogP contribution in [-0.2, 0) is 17.9 Å². The summed E-state index contributed by atoms with van der Waals surface area (Å²) in [5.41, 5.74) is 4.76.